The van der Waals surface area contributed by atoms with Crippen LogP contribution in [-0.2, 0) is 24.7 Å². The fraction of sp³-hybridized carbons (Fsp3) is 0.238. The summed E-state index contributed by atoms with van der Waals surface area (Å²) in [6.45, 7) is 0.954. The van der Waals surface area contributed by atoms with Crippen molar-refractivity contribution in [1.29, 1.82) is 0 Å². The zero-order chi connectivity index (χ0) is 21.7. The van der Waals surface area contributed by atoms with Crippen molar-refractivity contribution < 1.29 is 28.7 Å². The molecule has 3 rings (SSSR count). The summed E-state index contributed by atoms with van der Waals surface area (Å²) < 4.78 is 9.71. The number of nitrogens with one attached hydrogen (secondary N) is 2. The summed E-state index contributed by atoms with van der Waals surface area (Å²) >= 11 is 0. The third-order valence-electron chi connectivity index (χ3n) is 4.65. The van der Waals surface area contributed by atoms with E-state index in [1.165, 1.54) is 7.11 Å². The second-order valence-corrected chi connectivity index (χ2v) is 6.75. The van der Waals surface area contributed by atoms with E-state index < -0.39 is 35.9 Å². The number of nitrogens with zero attached hydrogens (tertiary/aromatic N) is 1. The average molecular weight is 411 g/mol. The van der Waals surface area contributed by atoms with Crippen LogP contribution in [0.5, 0.6) is 5.75 Å². The summed E-state index contributed by atoms with van der Waals surface area (Å²) in [6.07, 6.45) is 0. The van der Waals surface area contributed by atoms with Gasteiger partial charge in [-0.05, 0) is 36.8 Å². The molecule has 1 unspecified atom stereocenters. The zero-order valence-corrected chi connectivity index (χ0v) is 16.5. The Kier molecular flexibility index (Phi) is 6.01. The van der Waals surface area contributed by atoms with Crippen LogP contribution in [0.1, 0.15) is 12.5 Å². The van der Waals surface area contributed by atoms with Gasteiger partial charge in [0, 0.05) is 5.69 Å². The maximum atomic E-state index is 12.8. The largest absolute Gasteiger partial charge is 0.482 e. The van der Waals surface area contributed by atoms with Crippen molar-refractivity contribution in [1.82, 2.24) is 10.2 Å². The first kappa shape index (κ1) is 20.8. The lowest BCUT2D eigenvalue weighted by Crippen LogP contribution is -2.42. The molecule has 2 aromatic carbocycles. The summed E-state index contributed by atoms with van der Waals surface area (Å²) in [7, 11) is 1.26. The number of urea groups is 1. The van der Waals surface area contributed by atoms with Gasteiger partial charge >= 0.3 is 12.0 Å². The second kappa shape index (κ2) is 8.64. The minimum atomic E-state index is -1.22. The zero-order valence-electron chi connectivity index (χ0n) is 16.5. The molecule has 9 nitrogen and oxygen atoms in total. The standard InChI is InChI=1S/C21H21N3O6/c1-21(14-6-4-3-5-7-14)19(27)24(20(28)23-21)12-17(25)22-15-8-10-16(11-9-15)30-13-18(26)29-2/h3-11H,12-13H2,1-2H3,(H,22,25)(H,23,28). The van der Waals surface area contributed by atoms with Crippen LogP contribution in [0.4, 0.5) is 10.5 Å². The van der Waals surface area contributed by atoms with Crippen molar-refractivity contribution in [3.63, 3.8) is 0 Å². The number of anilines is 1. The molecule has 1 heterocycles. The minimum absolute atomic E-state index is 0.228. The Hall–Kier alpha value is -3.88. The summed E-state index contributed by atoms with van der Waals surface area (Å²) in [4.78, 5) is 49.5. The molecular formula is C21H21N3O6. The number of ether oxygens (including phenoxy) is 2. The van der Waals surface area contributed by atoms with Crippen LogP contribution in [0, 0.1) is 0 Å². The van der Waals surface area contributed by atoms with E-state index in [9.17, 15) is 19.2 Å². The van der Waals surface area contributed by atoms with Crippen LogP contribution in [0.15, 0.2) is 54.6 Å². The predicted octanol–water partition coefficient (Wildman–Crippen LogP) is 1.64. The predicted molar refractivity (Wildman–Crippen MR) is 107 cm³/mol. The summed E-state index contributed by atoms with van der Waals surface area (Å²) in [5, 5.41) is 5.27. The van der Waals surface area contributed by atoms with Gasteiger partial charge in [-0.2, -0.15) is 0 Å². The van der Waals surface area contributed by atoms with E-state index in [4.69, 9.17) is 4.74 Å². The van der Waals surface area contributed by atoms with Gasteiger partial charge in [0.05, 0.1) is 7.11 Å². The highest BCUT2D eigenvalue weighted by atomic mass is 16.6. The third kappa shape index (κ3) is 4.40. The third-order valence-corrected chi connectivity index (χ3v) is 4.65. The maximum absolute atomic E-state index is 12.8. The molecule has 0 aliphatic carbocycles. The minimum Gasteiger partial charge on any atom is -0.482 e. The summed E-state index contributed by atoms with van der Waals surface area (Å²) in [5.74, 6) is -1.12. The molecule has 0 spiro atoms. The smallest absolute Gasteiger partial charge is 0.343 e. The fourth-order valence-corrected chi connectivity index (χ4v) is 2.99. The Morgan fingerprint density at radius 2 is 1.73 bits per heavy atom. The number of hydrogen-bond donors (Lipinski definition) is 2. The number of amides is 4. The molecule has 0 radical (unpaired) electrons. The molecule has 4 amide bonds. The Bertz CT molecular complexity index is 960. The van der Waals surface area contributed by atoms with Crippen LogP contribution >= 0.6 is 0 Å². The molecule has 1 aliphatic heterocycles. The van der Waals surface area contributed by atoms with Crippen LogP contribution < -0.4 is 15.4 Å². The molecule has 156 valence electrons. The van der Waals surface area contributed by atoms with Gasteiger partial charge in [0.2, 0.25) is 5.91 Å². The maximum Gasteiger partial charge on any atom is 0.343 e. The van der Waals surface area contributed by atoms with Crippen molar-refractivity contribution in [3.05, 3.63) is 60.2 Å². The normalized spacial score (nSPS) is 18.0. The first-order valence-electron chi connectivity index (χ1n) is 9.12. The van der Waals surface area contributed by atoms with Crippen LogP contribution in [0.3, 0.4) is 0 Å². The molecule has 9 heteroatoms. The number of benzene rings is 2. The number of esters is 1. The molecule has 0 bridgehead atoms. The number of rotatable bonds is 7. The van der Waals surface area contributed by atoms with Gasteiger partial charge in [-0.1, -0.05) is 30.3 Å². The van der Waals surface area contributed by atoms with Crippen molar-refractivity contribution >= 4 is 29.5 Å². The van der Waals surface area contributed by atoms with Gasteiger partial charge in [-0.25, -0.2) is 9.59 Å². The van der Waals surface area contributed by atoms with Gasteiger partial charge in [0.1, 0.15) is 17.8 Å². The average Bonchev–Trinajstić information content (AvgIpc) is 2.97. The van der Waals surface area contributed by atoms with Crippen LogP contribution in [0.2, 0.25) is 0 Å². The molecule has 0 aromatic heterocycles. The molecule has 0 saturated carbocycles. The SMILES string of the molecule is COC(=O)COc1ccc(NC(=O)CN2C(=O)NC(C)(c3ccccc3)C2=O)cc1. The number of carbonyl (C=O) groups is 4. The number of carbonyl (C=O) groups excluding carboxylic acids is 4. The number of imide groups is 1. The lowest BCUT2D eigenvalue weighted by Gasteiger charge is -2.22. The molecule has 1 saturated heterocycles. The summed E-state index contributed by atoms with van der Waals surface area (Å²) in [6, 6.07) is 14.5. The second-order valence-electron chi connectivity index (χ2n) is 6.75. The Morgan fingerprint density at radius 3 is 2.37 bits per heavy atom. The first-order chi connectivity index (χ1) is 14.3. The quantitative estimate of drug-likeness (QED) is 0.529. The molecule has 2 aromatic rings. The topological polar surface area (TPSA) is 114 Å². The highest BCUT2D eigenvalue weighted by Gasteiger charge is 2.49. The van der Waals surface area contributed by atoms with E-state index >= 15 is 0 Å². The van der Waals surface area contributed by atoms with E-state index in [-0.39, 0.29) is 6.61 Å². The van der Waals surface area contributed by atoms with Gasteiger partial charge in [-0.15, -0.1) is 0 Å². The van der Waals surface area contributed by atoms with E-state index in [1.807, 2.05) is 6.07 Å². The van der Waals surface area contributed by atoms with Crippen molar-refractivity contribution in [2.24, 2.45) is 0 Å². The molecular weight excluding hydrogens is 390 g/mol. The van der Waals surface area contributed by atoms with Gasteiger partial charge in [0.15, 0.2) is 6.61 Å². The Labute approximate surface area is 172 Å². The highest BCUT2D eigenvalue weighted by Crippen LogP contribution is 2.28. The summed E-state index contributed by atoms with van der Waals surface area (Å²) in [5.41, 5.74) is -0.144. The van der Waals surface area contributed by atoms with Gasteiger partial charge in [-0.3, -0.25) is 14.5 Å². The van der Waals surface area contributed by atoms with E-state index in [0.717, 1.165) is 4.90 Å². The van der Waals surface area contributed by atoms with E-state index in [1.54, 1.807) is 55.5 Å². The molecule has 1 atom stereocenters. The van der Waals surface area contributed by atoms with Crippen molar-refractivity contribution in [2.45, 2.75) is 12.5 Å². The van der Waals surface area contributed by atoms with Crippen molar-refractivity contribution in [3.8, 4) is 5.75 Å². The Balaban J connectivity index is 1.60. The van der Waals surface area contributed by atoms with Crippen molar-refractivity contribution in [2.75, 3.05) is 25.6 Å². The molecule has 1 aliphatic rings. The van der Waals surface area contributed by atoms with E-state index in [0.29, 0.717) is 17.0 Å². The fourth-order valence-electron chi connectivity index (χ4n) is 2.99. The number of hydrogen-bond acceptors (Lipinski definition) is 6. The molecule has 2 N–H and O–H groups in total. The number of methoxy groups -OCH3 is 1. The van der Waals surface area contributed by atoms with Gasteiger partial charge < -0.3 is 20.1 Å². The first-order valence-corrected chi connectivity index (χ1v) is 9.12. The lowest BCUT2D eigenvalue weighted by molar-refractivity contribution is -0.142. The van der Waals surface area contributed by atoms with E-state index in [2.05, 4.69) is 15.4 Å². The molecule has 1 fully saturated rings. The van der Waals surface area contributed by atoms with Gasteiger partial charge in [0.25, 0.3) is 5.91 Å². The highest BCUT2D eigenvalue weighted by molar-refractivity contribution is 6.10. The molecule has 30 heavy (non-hydrogen) atoms. The van der Waals surface area contributed by atoms with Crippen LogP contribution in [-0.4, -0.2) is 49.0 Å². The Morgan fingerprint density at radius 1 is 1.07 bits per heavy atom. The van der Waals surface area contributed by atoms with Crippen LogP contribution in [0.25, 0.3) is 0 Å². The monoisotopic (exact) mass is 411 g/mol. The lowest BCUT2D eigenvalue weighted by atomic mass is 9.92.